The number of amides is 1. The van der Waals surface area contributed by atoms with Crippen molar-refractivity contribution in [2.45, 2.75) is 49.1 Å². The Balaban J connectivity index is 1.37. The van der Waals surface area contributed by atoms with E-state index < -0.39 is 0 Å². The fourth-order valence-corrected chi connectivity index (χ4v) is 4.29. The van der Waals surface area contributed by atoms with Crippen LogP contribution in [-0.2, 0) is 4.79 Å². The lowest BCUT2D eigenvalue weighted by Gasteiger charge is -2.24. The number of rotatable bonds is 5. The molecule has 3 rings (SSSR count). The summed E-state index contributed by atoms with van der Waals surface area (Å²) >= 11 is 1.79. The van der Waals surface area contributed by atoms with Crippen molar-refractivity contribution in [1.29, 1.82) is 0 Å². The average Bonchev–Trinajstić information content (AvgIpc) is 2.96. The molecule has 0 radical (unpaired) electrons. The molecule has 0 spiro atoms. The molecular formula is C17H24N2OS. The number of carbonyl (C=O) groups is 1. The SMILES string of the molecule is O=C(NCCSc1ccccc1)C1CC2CCCCC2N1. The summed E-state index contributed by atoms with van der Waals surface area (Å²) in [7, 11) is 0. The van der Waals surface area contributed by atoms with E-state index in [1.165, 1.54) is 30.6 Å². The molecule has 3 unspecified atom stereocenters. The molecule has 4 heteroatoms. The summed E-state index contributed by atoms with van der Waals surface area (Å²) in [5.41, 5.74) is 0. The number of carbonyl (C=O) groups excluding carboxylic acids is 1. The summed E-state index contributed by atoms with van der Waals surface area (Å²) in [6.07, 6.45) is 6.23. The van der Waals surface area contributed by atoms with Gasteiger partial charge in [0, 0.05) is 23.2 Å². The molecule has 3 nitrogen and oxygen atoms in total. The van der Waals surface area contributed by atoms with E-state index in [9.17, 15) is 4.79 Å². The van der Waals surface area contributed by atoms with Gasteiger partial charge in [-0.05, 0) is 37.3 Å². The van der Waals surface area contributed by atoms with Gasteiger partial charge in [0.25, 0.3) is 0 Å². The van der Waals surface area contributed by atoms with Crippen LogP contribution in [0.4, 0.5) is 0 Å². The molecule has 1 aliphatic carbocycles. The van der Waals surface area contributed by atoms with Gasteiger partial charge in [0.2, 0.25) is 5.91 Å². The second-order valence-corrected chi connectivity index (χ2v) is 7.23. The second-order valence-electron chi connectivity index (χ2n) is 6.06. The minimum atomic E-state index is 0.0415. The van der Waals surface area contributed by atoms with E-state index in [0.717, 1.165) is 24.6 Å². The summed E-state index contributed by atoms with van der Waals surface area (Å²) in [6.45, 7) is 0.742. The monoisotopic (exact) mass is 304 g/mol. The van der Waals surface area contributed by atoms with Gasteiger partial charge in [-0.1, -0.05) is 31.0 Å². The van der Waals surface area contributed by atoms with E-state index in [0.29, 0.717) is 6.04 Å². The third-order valence-corrected chi connectivity index (χ3v) is 5.61. The van der Waals surface area contributed by atoms with Crippen LogP contribution in [0.5, 0.6) is 0 Å². The van der Waals surface area contributed by atoms with Gasteiger partial charge in [-0.2, -0.15) is 0 Å². The maximum atomic E-state index is 12.2. The van der Waals surface area contributed by atoms with Crippen LogP contribution in [0.2, 0.25) is 0 Å². The fourth-order valence-electron chi connectivity index (χ4n) is 3.50. The zero-order chi connectivity index (χ0) is 14.5. The van der Waals surface area contributed by atoms with Crippen LogP contribution < -0.4 is 10.6 Å². The molecule has 2 N–H and O–H groups in total. The highest BCUT2D eigenvalue weighted by molar-refractivity contribution is 7.99. The smallest absolute Gasteiger partial charge is 0.237 e. The number of fused-ring (bicyclic) bond motifs is 1. The van der Waals surface area contributed by atoms with Crippen LogP contribution in [0.15, 0.2) is 35.2 Å². The first-order chi connectivity index (χ1) is 10.3. The van der Waals surface area contributed by atoms with Crippen molar-refractivity contribution < 1.29 is 4.79 Å². The van der Waals surface area contributed by atoms with E-state index in [2.05, 4.69) is 22.8 Å². The van der Waals surface area contributed by atoms with E-state index >= 15 is 0 Å². The lowest BCUT2D eigenvalue weighted by Crippen LogP contribution is -2.43. The van der Waals surface area contributed by atoms with Gasteiger partial charge in [-0.15, -0.1) is 11.8 Å². The lowest BCUT2D eigenvalue weighted by atomic mass is 9.85. The van der Waals surface area contributed by atoms with Gasteiger partial charge >= 0.3 is 0 Å². The Hall–Kier alpha value is -1.00. The first kappa shape index (κ1) is 14.9. The molecule has 1 amide bonds. The maximum Gasteiger partial charge on any atom is 0.237 e. The van der Waals surface area contributed by atoms with Crippen molar-refractivity contribution in [2.75, 3.05) is 12.3 Å². The van der Waals surface area contributed by atoms with Crippen molar-refractivity contribution in [3.05, 3.63) is 30.3 Å². The molecule has 3 atom stereocenters. The average molecular weight is 304 g/mol. The number of benzene rings is 1. The summed E-state index contributed by atoms with van der Waals surface area (Å²) in [5.74, 6) is 1.85. The Kier molecular flexibility index (Phi) is 5.20. The molecule has 1 aromatic rings. The Morgan fingerprint density at radius 3 is 2.86 bits per heavy atom. The van der Waals surface area contributed by atoms with E-state index in [-0.39, 0.29) is 11.9 Å². The first-order valence-corrected chi connectivity index (χ1v) is 9.03. The maximum absolute atomic E-state index is 12.2. The number of nitrogens with one attached hydrogen (secondary N) is 2. The Morgan fingerprint density at radius 2 is 2.05 bits per heavy atom. The highest BCUT2D eigenvalue weighted by Gasteiger charge is 2.37. The molecule has 1 saturated heterocycles. The van der Waals surface area contributed by atoms with Crippen LogP contribution in [0.3, 0.4) is 0 Å². The summed E-state index contributed by atoms with van der Waals surface area (Å²) in [6, 6.07) is 11.0. The highest BCUT2D eigenvalue weighted by Crippen LogP contribution is 2.33. The molecule has 21 heavy (non-hydrogen) atoms. The number of hydrogen-bond acceptors (Lipinski definition) is 3. The Morgan fingerprint density at radius 1 is 1.24 bits per heavy atom. The van der Waals surface area contributed by atoms with Crippen LogP contribution in [0.25, 0.3) is 0 Å². The largest absolute Gasteiger partial charge is 0.354 e. The molecule has 2 fully saturated rings. The Labute approximate surface area is 131 Å². The van der Waals surface area contributed by atoms with Gasteiger partial charge in [0.15, 0.2) is 0 Å². The summed E-state index contributed by atoms with van der Waals surface area (Å²) < 4.78 is 0. The van der Waals surface area contributed by atoms with Crippen molar-refractivity contribution >= 4 is 17.7 Å². The van der Waals surface area contributed by atoms with Gasteiger partial charge in [-0.3, -0.25) is 4.79 Å². The first-order valence-electron chi connectivity index (χ1n) is 8.04. The van der Waals surface area contributed by atoms with Crippen molar-refractivity contribution in [1.82, 2.24) is 10.6 Å². The predicted molar refractivity (Wildman–Crippen MR) is 87.5 cm³/mol. The van der Waals surface area contributed by atoms with Gasteiger partial charge in [-0.25, -0.2) is 0 Å². The van der Waals surface area contributed by atoms with Gasteiger partial charge in [0.1, 0.15) is 0 Å². The van der Waals surface area contributed by atoms with Crippen molar-refractivity contribution in [3.63, 3.8) is 0 Å². The van der Waals surface area contributed by atoms with Crippen LogP contribution >= 0.6 is 11.8 Å². The minimum Gasteiger partial charge on any atom is -0.354 e. The zero-order valence-corrected chi connectivity index (χ0v) is 13.2. The van der Waals surface area contributed by atoms with Crippen LogP contribution in [0, 0.1) is 5.92 Å². The third-order valence-electron chi connectivity index (χ3n) is 4.59. The van der Waals surface area contributed by atoms with E-state index in [1.54, 1.807) is 11.8 Å². The van der Waals surface area contributed by atoms with Crippen LogP contribution in [-0.4, -0.2) is 30.3 Å². The molecule has 1 saturated carbocycles. The molecule has 0 bridgehead atoms. The molecule has 1 aromatic carbocycles. The van der Waals surface area contributed by atoms with Gasteiger partial charge < -0.3 is 10.6 Å². The lowest BCUT2D eigenvalue weighted by molar-refractivity contribution is -0.122. The van der Waals surface area contributed by atoms with Crippen molar-refractivity contribution in [3.8, 4) is 0 Å². The summed E-state index contributed by atoms with van der Waals surface area (Å²) in [4.78, 5) is 13.5. The normalized spacial score (nSPS) is 28.1. The quantitative estimate of drug-likeness (QED) is 0.649. The standard InChI is InChI=1S/C17H24N2OS/c20-17(16-12-13-6-4-5-9-15(13)19-16)18-10-11-21-14-7-2-1-3-8-14/h1-3,7-8,13,15-16,19H,4-6,9-12H2,(H,18,20). The second kappa shape index (κ2) is 7.32. The topological polar surface area (TPSA) is 41.1 Å². The van der Waals surface area contributed by atoms with E-state index in [1.807, 2.05) is 18.2 Å². The molecule has 114 valence electrons. The predicted octanol–water partition coefficient (Wildman–Crippen LogP) is 2.82. The van der Waals surface area contributed by atoms with Crippen molar-refractivity contribution in [2.24, 2.45) is 5.92 Å². The molecular weight excluding hydrogens is 280 g/mol. The number of hydrogen-bond donors (Lipinski definition) is 2. The number of thioether (sulfide) groups is 1. The molecule has 0 aromatic heterocycles. The minimum absolute atomic E-state index is 0.0415. The third kappa shape index (κ3) is 4.01. The Bertz CT molecular complexity index is 451. The van der Waals surface area contributed by atoms with Gasteiger partial charge in [0.05, 0.1) is 6.04 Å². The molecule has 1 heterocycles. The highest BCUT2D eigenvalue weighted by atomic mass is 32.2. The molecule has 1 aliphatic heterocycles. The fraction of sp³-hybridized carbons (Fsp3) is 0.588. The zero-order valence-electron chi connectivity index (χ0n) is 12.4. The molecule has 2 aliphatic rings. The summed E-state index contributed by atoms with van der Waals surface area (Å²) in [5, 5.41) is 6.61. The van der Waals surface area contributed by atoms with E-state index in [4.69, 9.17) is 0 Å². The van der Waals surface area contributed by atoms with Crippen LogP contribution in [0.1, 0.15) is 32.1 Å².